The summed E-state index contributed by atoms with van der Waals surface area (Å²) in [6.45, 7) is 10.3. The van der Waals surface area contributed by atoms with Gasteiger partial charge in [0.2, 0.25) is 0 Å². The molecule has 2 N–H and O–H groups in total. The monoisotopic (exact) mass is 290 g/mol. The molecule has 0 spiro atoms. The maximum Gasteiger partial charge on any atom is 0.0622 e. The van der Waals surface area contributed by atoms with Crippen LogP contribution >= 0.6 is 0 Å². The Labute approximate surface area is 129 Å². The molecule has 1 aromatic carbocycles. The normalized spacial score (nSPS) is 21.7. The first-order valence-electron chi connectivity index (χ1n) is 8.26. The summed E-state index contributed by atoms with van der Waals surface area (Å²) in [5.74, 6) is 0.697. The van der Waals surface area contributed by atoms with Gasteiger partial charge in [-0.15, -0.1) is 0 Å². The molecule has 0 saturated carbocycles. The summed E-state index contributed by atoms with van der Waals surface area (Å²) in [5, 5.41) is 0. The third kappa shape index (κ3) is 4.80. The van der Waals surface area contributed by atoms with Crippen LogP contribution in [0.25, 0.3) is 0 Å². The highest BCUT2D eigenvalue weighted by molar-refractivity contribution is 5.25. The lowest BCUT2D eigenvalue weighted by molar-refractivity contribution is -0.0110. The molecule has 2 rings (SSSR count). The summed E-state index contributed by atoms with van der Waals surface area (Å²) in [5.41, 5.74) is 9.05. The van der Waals surface area contributed by atoms with Crippen LogP contribution in [-0.2, 0) is 11.2 Å². The van der Waals surface area contributed by atoms with E-state index in [0.29, 0.717) is 12.0 Å². The minimum Gasteiger partial charge on any atom is -0.378 e. The maximum atomic E-state index is 6.41. The highest BCUT2D eigenvalue weighted by atomic mass is 16.5. The Kier molecular flexibility index (Phi) is 6.22. The van der Waals surface area contributed by atoms with Crippen molar-refractivity contribution in [3.63, 3.8) is 0 Å². The molecule has 2 unspecified atom stereocenters. The van der Waals surface area contributed by atoms with E-state index in [4.69, 9.17) is 10.5 Å². The minimum absolute atomic E-state index is 0.0882. The van der Waals surface area contributed by atoms with Gasteiger partial charge in [-0.05, 0) is 29.9 Å². The van der Waals surface area contributed by atoms with Gasteiger partial charge in [0.25, 0.3) is 0 Å². The number of hydrogen-bond donors (Lipinski definition) is 1. The molecule has 1 heterocycles. The zero-order valence-electron chi connectivity index (χ0n) is 13.7. The second kappa shape index (κ2) is 7.92. The predicted molar refractivity (Wildman–Crippen MR) is 88.4 cm³/mol. The van der Waals surface area contributed by atoms with E-state index in [1.54, 1.807) is 0 Å². The van der Waals surface area contributed by atoms with Crippen molar-refractivity contribution < 1.29 is 4.74 Å². The van der Waals surface area contributed by atoms with Crippen molar-refractivity contribution in [3.05, 3.63) is 35.4 Å². The van der Waals surface area contributed by atoms with E-state index >= 15 is 0 Å². The van der Waals surface area contributed by atoms with Gasteiger partial charge in [-0.1, -0.05) is 45.0 Å². The van der Waals surface area contributed by atoms with Crippen LogP contribution in [0.2, 0.25) is 0 Å². The molecule has 1 saturated heterocycles. The van der Waals surface area contributed by atoms with Gasteiger partial charge in [0.1, 0.15) is 0 Å². The van der Waals surface area contributed by atoms with Crippen molar-refractivity contribution in [2.75, 3.05) is 26.3 Å². The Hall–Kier alpha value is -0.900. The lowest BCUT2D eigenvalue weighted by atomic mass is 9.99. The fourth-order valence-corrected chi connectivity index (χ4v) is 3.04. The molecule has 3 nitrogen and oxygen atoms in total. The summed E-state index contributed by atoms with van der Waals surface area (Å²) in [6, 6.07) is 9.46. The molecule has 3 heteroatoms. The molecule has 1 aliphatic rings. The highest BCUT2D eigenvalue weighted by Gasteiger charge is 2.23. The van der Waals surface area contributed by atoms with Gasteiger partial charge in [0, 0.05) is 25.2 Å². The Morgan fingerprint density at radius 1 is 1.29 bits per heavy atom. The fraction of sp³-hybridized carbons (Fsp3) is 0.667. The molecule has 118 valence electrons. The van der Waals surface area contributed by atoms with Crippen molar-refractivity contribution in [2.24, 2.45) is 11.7 Å². The van der Waals surface area contributed by atoms with Crippen LogP contribution in [-0.4, -0.2) is 37.2 Å². The van der Waals surface area contributed by atoms with Crippen LogP contribution in [0.15, 0.2) is 24.3 Å². The summed E-state index contributed by atoms with van der Waals surface area (Å²) in [4.78, 5) is 2.48. The molecule has 0 bridgehead atoms. The quantitative estimate of drug-likeness (QED) is 0.875. The standard InChI is InChI=1S/C18H30N2O/c1-4-17-13-21-10-9-20(17)12-18(19)16-7-5-15(6-8-16)11-14(2)3/h5-8,14,17-18H,4,9-13,19H2,1-3H3. The zero-order valence-corrected chi connectivity index (χ0v) is 13.7. The number of ether oxygens (including phenoxy) is 1. The van der Waals surface area contributed by atoms with Gasteiger partial charge in [0.15, 0.2) is 0 Å². The number of benzene rings is 1. The lowest BCUT2D eigenvalue weighted by Gasteiger charge is -2.36. The van der Waals surface area contributed by atoms with E-state index in [9.17, 15) is 0 Å². The second-order valence-electron chi connectivity index (χ2n) is 6.58. The molecular formula is C18H30N2O. The first kappa shape index (κ1) is 16.5. The van der Waals surface area contributed by atoms with Gasteiger partial charge >= 0.3 is 0 Å². The number of morpholine rings is 1. The third-order valence-electron chi connectivity index (χ3n) is 4.30. The fourth-order valence-electron chi connectivity index (χ4n) is 3.04. The maximum absolute atomic E-state index is 6.41. The van der Waals surface area contributed by atoms with Crippen LogP contribution in [0, 0.1) is 5.92 Å². The molecule has 1 aromatic rings. The molecule has 0 aromatic heterocycles. The SMILES string of the molecule is CCC1COCCN1CC(N)c1ccc(CC(C)C)cc1. The van der Waals surface area contributed by atoms with Gasteiger partial charge < -0.3 is 10.5 Å². The van der Waals surface area contributed by atoms with Crippen LogP contribution in [0.3, 0.4) is 0 Å². The zero-order chi connectivity index (χ0) is 15.2. The summed E-state index contributed by atoms with van der Waals surface area (Å²) in [6.07, 6.45) is 2.26. The topological polar surface area (TPSA) is 38.5 Å². The Bertz CT molecular complexity index is 416. The van der Waals surface area contributed by atoms with E-state index in [0.717, 1.165) is 39.1 Å². The first-order chi connectivity index (χ1) is 10.1. The second-order valence-corrected chi connectivity index (χ2v) is 6.58. The summed E-state index contributed by atoms with van der Waals surface area (Å²) in [7, 11) is 0. The van der Waals surface area contributed by atoms with Crippen LogP contribution in [0.4, 0.5) is 0 Å². The minimum atomic E-state index is 0.0882. The number of nitrogens with two attached hydrogens (primary N) is 1. The van der Waals surface area contributed by atoms with Crippen molar-refractivity contribution in [1.29, 1.82) is 0 Å². The number of rotatable bonds is 6. The molecule has 0 radical (unpaired) electrons. The predicted octanol–water partition coefficient (Wildman–Crippen LogP) is 3.00. The molecule has 2 atom stereocenters. The average molecular weight is 290 g/mol. The van der Waals surface area contributed by atoms with E-state index in [1.165, 1.54) is 11.1 Å². The number of hydrogen-bond acceptors (Lipinski definition) is 3. The summed E-state index contributed by atoms with van der Waals surface area (Å²) < 4.78 is 5.56. The van der Waals surface area contributed by atoms with Crippen LogP contribution in [0.1, 0.15) is 44.4 Å². The van der Waals surface area contributed by atoms with Gasteiger partial charge in [0.05, 0.1) is 13.2 Å². The van der Waals surface area contributed by atoms with Gasteiger partial charge in [-0.25, -0.2) is 0 Å². The highest BCUT2D eigenvalue weighted by Crippen LogP contribution is 2.18. The largest absolute Gasteiger partial charge is 0.378 e. The lowest BCUT2D eigenvalue weighted by Crippen LogP contribution is -2.47. The van der Waals surface area contributed by atoms with Crippen molar-refractivity contribution in [2.45, 2.75) is 45.7 Å². The third-order valence-corrected chi connectivity index (χ3v) is 4.30. The van der Waals surface area contributed by atoms with Gasteiger partial charge in [-0.3, -0.25) is 4.90 Å². The van der Waals surface area contributed by atoms with Crippen LogP contribution < -0.4 is 5.73 Å². The van der Waals surface area contributed by atoms with Crippen molar-refractivity contribution >= 4 is 0 Å². The smallest absolute Gasteiger partial charge is 0.0622 e. The number of nitrogens with zero attached hydrogens (tertiary/aromatic N) is 1. The van der Waals surface area contributed by atoms with Crippen molar-refractivity contribution in [1.82, 2.24) is 4.90 Å². The summed E-state index contributed by atoms with van der Waals surface area (Å²) >= 11 is 0. The first-order valence-corrected chi connectivity index (χ1v) is 8.26. The molecule has 1 fully saturated rings. The molecule has 0 amide bonds. The average Bonchev–Trinajstić information content (AvgIpc) is 2.48. The van der Waals surface area contributed by atoms with Gasteiger partial charge in [-0.2, -0.15) is 0 Å². The van der Waals surface area contributed by atoms with Crippen molar-refractivity contribution in [3.8, 4) is 0 Å². The van der Waals surface area contributed by atoms with Crippen LogP contribution in [0.5, 0.6) is 0 Å². The Morgan fingerprint density at radius 2 is 2.00 bits per heavy atom. The molecule has 21 heavy (non-hydrogen) atoms. The molecule has 1 aliphatic heterocycles. The van der Waals surface area contributed by atoms with E-state index < -0.39 is 0 Å². The van der Waals surface area contributed by atoms with E-state index in [2.05, 4.69) is 49.9 Å². The molecular weight excluding hydrogens is 260 g/mol. The Balaban J connectivity index is 1.94. The van der Waals surface area contributed by atoms with E-state index in [-0.39, 0.29) is 6.04 Å². The molecule has 0 aliphatic carbocycles. The Morgan fingerprint density at radius 3 is 2.62 bits per heavy atom. The van der Waals surface area contributed by atoms with E-state index in [1.807, 2.05) is 0 Å².